The highest BCUT2D eigenvalue weighted by atomic mass is 35.5. The minimum absolute atomic E-state index is 0.668. The van der Waals surface area contributed by atoms with Crippen molar-refractivity contribution in [2.45, 2.75) is 116 Å². The lowest BCUT2D eigenvalue weighted by Gasteiger charge is -2.41. The minimum atomic E-state index is 0.668. The molecule has 0 N–H and O–H groups in total. The van der Waals surface area contributed by atoms with Crippen LogP contribution < -0.4 is 0 Å². The highest BCUT2D eigenvalue weighted by molar-refractivity contribution is 6.30. The van der Waals surface area contributed by atoms with Gasteiger partial charge >= 0.3 is 0 Å². The maximum absolute atomic E-state index is 6.07. The molecule has 0 aliphatic heterocycles. The van der Waals surface area contributed by atoms with Gasteiger partial charge in [-0.05, 0) is 117 Å². The third-order valence-electron chi connectivity index (χ3n) is 9.76. The number of halogens is 1. The zero-order valence-electron chi connectivity index (χ0n) is 20.3. The van der Waals surface area contributed by atoms with Crippen LogP contribution in [0.2, 0.25) is 5.02 Å². The van der Waals surface area contributed by atoms with Crippen molar-refractivity contribution < 1.29 is 0 Å². The molecule has 0 bridgehead atoms. The Kier molecular flexibility index (Phi) is 8.84. The van der Waals surface area contributed by atoms with E-state index in [0.717, 1.165) is 40.5 Å². The van der Waals surface area contributed by atoms with Gasteiger partial charge in [0.25, 0.3) is 0 Å². The largest absolute Gasteiger partial charge is 0.0843 e. The van der Waals surface area contributed by atoms with Crippen molar-refractivity contribution in [3.63, 3.8) is 0 Å². The Balaban J connectivity index is 1.15. The second kappa shape index (κ2) is 11.6. The van der Waals surface area contributed by atoms with Gasteiger partial charge in [-0.1, -0.05) is 76.1 Å². The van der Waals surface area contributed by atoms with E-state index < -0.39 is 0 Å². The molecule has 174 valence electrons. The molecule has 3 aliphatic carbocycles. The van der Waals surface area contributed by atoms with Crippen LogP contribution >= 0.6 is 11.6 Å². The van der Waals surface area contributed by atoms with E-state index in [0.29, 0.717) is 5.92 Å². The molecule has 1 aromatic carbocycles. The molecule has 0 amide bonds. The molecule has 1 atom stereocenters. The van der Waals surface area contributed by atoms with Gasteiger partial charge < -0.3 is 0 Å². The lowest BCUT2D eigenvalue weighted by Crippen LogP contribution is -2.30. The van der Waals surface area contributed by atoms with Gasteiger partial charge in [0.1, 0.15) is 0 Å². The molecule has 1 aromatic rings. The fraction of sp³-hybridized carbons (Fsp3) is 0.800. The van der Waals surface area contributed by atoms with Crippen molar-refractivity contribution in [3.05, 3.63) is 34.9 Å². The van der Waals surface area contributed by atoms with E-state index in [-0.39, 0.29) is 0 Å². The van der Waals surface area contributed by atoms with E-state index in [9.17, 15) is 0 Å². The fourth-order valence-electron chi connectivity index (χ4n) is 7.77. The van der Waals surface area contributed by atoms with Crippen LogP contribution in [0, 0.1) is 35.5 Å². The predicted octanol–water partition coefficient (Wildman–Crippen LogP) is 10.1. The first-order valence-electron chi connectivity index (χ1n) is 13.9. The highest BCUT2D eigenvalue weighted by Crippen LogP contribution is 2.47. The van der Waals surface area contributed by atoms with Crippen molar-refractivity contribution in [2.24, 2.45) is 35.5 Å². The molecule has 0 spiro atoms. The van der Waals surface area contributed by atoms with E-state index in [1.807, 2.05) is 0 Å². The summed E-state index contributed by atoms with van der Waals surface area (Å²) in [5.74, 6) is 6.94. The monoisotopic (exact) mass is 442 g/mol. The third kappa shape index (κ3) is 6.52. The molecule has 31 heavy (non-hydrogen) atoms. The van der Waals surface area contributed by atoms with Crippen molar-refractivity contribution >= 4 is 11.6 Å². The normalized spacial score (nSPS) is 35.6. The number of hydrogen-bond acceptors (Lipinski definition) is 0. The van der Waals surface area contributed by atoms with Gasteiger partial charge in [0.2, 0.25) is 0 Å². The van der Waals surface area contributed by atoms with Crippen molar-refractivity contribution in [3.8, 4) is 0 Å². The van der Waals surface area contributed by atoms with E-state index >= 15 is 0 Å². The Labute approximate surface area is 197 Å². The summed E-state index contributed by atoms with van der Waals surface area (Å²) >= 11 is 6.07. The summed E-state index contributed by atoms with van der Waals surface area (Å²) in [5.41, 5.74) is 1.47. The average Bonchev–Trinajstić information content (AvgIpc) is 2.81. The quantitative estimate of drug-likeness (QED) is 0.393. The maximum atomic E-state index is 6.07. The molecular weight excluding hydrogens is 396 g/mol. The first-order valence-corrected chi connectivity index (χ1v) is 14.3. The zero-order chi connectivity index (χ0) is 21.6. The van der Waals surface area contributed by atoms with Crippen LogP contribution in [-0.4, -0.2) is 0 Å². The summed E-state index contributed by atoms with van der Waals surface area (Å²) in [6.45, 7) is 4.77. The molecule has 0 nitrogen and oxygen atoms in total. The lowest BCUT2D eigenvalue weighted by molar-refractivity contribution is 0.102. The summed E-state index contributed by atoms with van der Waals surface area (Å²) in [4.78, 5) is 0. The van der Waals surface area contributed by atoms with Crippen LogP contribution in [0.4, 0.5) is 0 Å². The molecule has 3 fully saturated rings. The van der Waals surface area contributed by atoms with Crippen LogP contribution in [0.1, 0.15) is 122 Å². The van der Waals surface area contributed by atoms with Crippen molar-refractivity contribution in [1.29, 1.82) is 0 Å². The third-order valence-corrected chi connectivity index (χ3v) is 10.0. The zero-order valence-corrected chi connectivity index (χ0v) is 21.1. The molecule has 0 radical (unpaired) electrons. The van der Waals surface area contributed by atoms with Gasteiger partial charge in [0, 0.05) is 5.02 Å². The second-order valence-corrected chi connectivity index (χ2v) is 12.1. The smallest absolute Gasteiger partial charge is 0.0406 e. The van der Waals surface area contributed by atoms with E-state index in [4.69, 9.17) is 11.6 Å². The topological polar surface area (TPSA) is 0 Å². The Morgan fingerprint density at radius 2 is 1.10 bits per heavy atom. The van der Waals surface area contributed by atoms with Gasteiger partial charge in [-0.3, -0.25) is 0 Å². The van der Waals surface area contributed by atoms with E-state index in [2.05, 4.69) is 38.1 Å². The first-order chi connectivity index (χ1) is 15.1. The fourth-order valence-corrected chi connectivity index (χ4v) is 7.89. The first kappa shape index (κ1) is 23.7. The number of benzene rings is 1. The molecule has 0 heterocycles. The predicted molar refractivity (Wildman–Crippen MR) is 136 cm³/mol. The lowest BCUT2D eigenvalue weighted by atomic mass is 9.64. The molecule has 3 saturated carbocycles. The van der Waals surface area contributed by atoms with Crippen LogP contribution in [0.5, 0.6) is 0 Å². The minimum Gasteiger partial charge on any atom is -0.0843 e. The van der Waals surface area contributed by atoms with Crippen LogP contribution in [0.15, 0.2) is 24.3 Å². The summed E-state index contributed by atoms with van der Waals surface area (Å²) in [7, 11) is 0. The Hall–Kier alpha value is -0.490. The van der Waals surface area contributed by atoms with Gasteiger partial charge in [0.05, 0.1) is 0 Å². The highest BCUT2D eigenvalue weighted by Gasteiger charge is 2.34. The van der Waals surface area contributed by atoms with Gasteiger partial charge in [-0.15, -0.1) is 0 Å². The molecule has 0 saturated heterocycles. The van der Waals surface area contributed by atoms with Gasteiger partial charge in [0.15, 0.2) is 0 Å². The Morgan fingerprint density at radius 3 is 1.55 bits per heavy atom. The summed E-state index contributed by atoms with van der Waals surface area (Å²) in [5, 5.41) is 0.857. The average molecular weight is 443 g/mol. The molecule has 4 rings (SSSR count). The van der Waals surface area contributed by atoms with Crippen molar-refractivity contribution in [1.82, 2.24) is 0 Å². The molecule has 0 aromatic heterocycles. The molecule has 0 unspecified atom stereocenters. The summed E-state index contributed by atoms with van der Waals surface area (Å²) in [6, 6.07) is 8.57. The Morgan fingerprint density at radius 1 is 0.677 bits per heavy atom. The summed E-state index contributed by atoms with van der Waals surface area (Å²) < 4.78 is 0. The SMILES string of the molecule is CCCC1CCC(C2CCC(C3CCC(C[C@@H](C)c4ccc(Cl)cc4)CC3)CC2)CC1. The molecule has 3 aliphatic rings. The van der Waals surface area contributed by atoms with Crippen LogP contribution in [-0.2, 0) is 0 Å². The van der Waals surface area contributed by atoms with Gasteiger partial charge in [-0.2, -0.15) is 0 Å². The van der Waals surface area contributed by atoms with E-state index in [1.165, 1.54) is 63.4 Å². The Bertz CT molecular complexity index is 625. The number of hydrogen-bond donors (Lipinski definition) is 0. The molecular formula is C30H47Cl. The number of rotatable bonds is 7. The maximum Gasteiger partial charge on any atom is 0.0406 e. The van der Waals surface area contributed by atoms with Gasteiger partial charge in [-0.25, -0.2) is 0 Å². The van der Waals surface area contributed by atoms with Crippen molar-refractivity contribution in [2.75, 3.05) is 0 Å². The molecule has 1 heteroatoms. The van der Waals surface area contributed by atoms with Crippen LogP contribution in [0.25, 0.3) is 0 Å². The van der Waals surface area contributed by atoms with E-state index in [1.54, 1.807) is 38.5 Å². The van der Waals surface area contributed by atoms with Crippen LogP contribution in [0.3, 0.4) is 0 Å². The second-order valence-electron chi connectivity index (χ2n) is 11.7. The standard InChI is InChI=1S/C30H47Cl/c1-3-4-23-5-9-26(10-6-23)28-13-15-29(16-14-28)27-11-7-24(8-12-27)21-22(2)25-17-19-30(31)20-18-25/h17-20,22-24,26-29H,3-16,21H2,1-2H3/t22-,23?,24?,26?,27?,28?,29?/m1/s1. The summed E-state index contributed by atoms with van der Waals surface area (Å²) in [6.07, 6.45) is 22.6.